The number of nitrogens with zero attached hydrogens (tertiary/aromatic N) is 1. The first-order valence-corrected chi connectivity index (χ1v) is 12.5. The Morgan fingerprint density at radius 1 is 0.974 bits per heavy atom. The van der Waals surface area contributed by atoms with Crippen LogP contribution < -0.4 is 0 Å². The van der Waals surface area contributed by atoms with E-state index in [0.717, 1.165) is 11.1 Å². The molecule has 4 nitrogen and oxygen atoms in total. The normalized spacial score (nSPS) is 22.3. The summed E-state index contributed by atoms with van der Waals surface area (Å²) in [6, 6.07) is 19.5. The molecule has 3 aromatic rings. The van der Waals surface area contributed by atoms with E-state index in [-0.39, 0.29) is 17.5 Å². The van der Waals surface area contributed by atoms with Gasteiger partial charge in [-0.3, -0.25) is 4.79 Å². The molecule has 3 atom stereocenters. The Morgan fingerprint density at radius 2 is 1.63 bits per heavy atom. The predicted molar refractivity (Wildman–Crippen MR) is 134 cm³/mol. The maximum atomic E-state index is 14.8. The fourth-order valence-corrected chi connectivity index (χ4v) is 6.15. The maximum Gasteiger partial charge on any atom is 0.426 e. The molecule has 2 aliphatic rings. The summed E-state index contributed by atoms with van der Waals surface area (Å²) < 4.78 is 55.2. The van der Waals surface area contributed by atoms with Crippen LogP contribution in [0.4, 0.5) is 17.6 Å². The van der Waals surface area contributed by atoms with Gasteiger partial charge in [-0.15, -0.1) is 0 Å². The third-order valence-corrected chi connectivity index (χ3v) is 8.22. The zero-order chi connectivity index (χ0) is 27.3. The van der Waals surface area contributed by atoms with Crippen molar-refractivity contribution in [2.75, 3.05) is 6.54 Å². The molecule has 0 spiro atoms. The molecule has 8 heteroatoms. The molecule has 3 aromatic carbocycles. The summed E-state index contributed by atoms with van der Waals surface area (Å²) in [6.45, 7) is 0.993. The minimum atomic E-state index is -5.03. The zero-order valence-corrected chi connectivity index (χ0v) is 20.8. The Balaban J connectivity index is 1.55. The number of amides is 1. The number of carboxylic acid groups (broad SMARTS) is 1. The second-order valence-electron chi connectivity index (χ2n) is 10.4. The van der Waals surface area contributed by atoms with Crippen LogP contribution in [0.5, 0.6) is 0 Å². The molecule has 1 fully saturated rings. The van der Waals surface area contributed by atoms with Gasteiger partial charge in [-0.2, -0.15) is 13.2 Å². The lowest BCUT2D eigenvalue weighted by molar-refractivity contribution is -0.228. The number of carbonyl (C=O) groups is 2. The number of aromatic carboxylic acids is 1. The van der Waals surface area contributed by atoms with Crippen LogP contribution in [0.25, 0.3) is 0 Å². The van der Waals surface area contributed by atoms with Gasteiger partial charge in [-0.25, -0.2) is 9.18 Å². The Bertz CT molecular complexity index is 1370. The molecule has 38 heavy (non-hydrogen) atoms. The van der Waals surface area contributed by atoms with Crippen molar-refractivity contribution < 1.29 is 32.3 Å². The largest absolute Gasteiger partial charge is 0.478 e. The van der Waals surface area contributed by atoms with Crippen LogP contribution >= 0.6 is 0 Å². The number of alkyl halides is 4. The van der Waals surface area contributed by atoms with E-state index in [1.165, 1.54) is 36.4 Å². The van der Waals surface area contributed by atoms with Crippen molar-refractivity contribution >= 4 is 11.9 Å². The van der Waals surface area contributed by atoms with Gasteiger partial charge in [-0.1, -0.05) is 48.5 Å². The predicted octanol–water partition coefficient (Wildman–Crippen LogP) is 6.47. The van der Waals surface area contributed by atoms with Crippen LogP contribution in [0.1, 0.15) is 62.7 Å². The monoisotopic (exact) mass is 525 g/mol. The number of halogens is 4. The lowest BCUT2D eigenvalue weighted by atomic mass is 9.63. The molecule has 1 unspecified atom stereocenters. The number of carboxylic acids is 1. The molecule has 1 amide bonds. The van der Waals surface area contributed by atoms with Crippen molar-refractivity contribution in [3.8, 4) is 0 Å². The van der Waals surface area contributed by atoms with Crippen LogP contribution in [0, 0.1) is 0 Å². The quantitative estimate of drug-likeness (QED) is 0.389. The smallest absolute Gasteiger partial charge is 0.426 e. The number of hydrogen-bond acceptors (Lipinski definition) is 2. The van der Waals surface area contributed by atoms with E-state index < -0.39 is 28.8 Å². The number of fused-ring (bicyclic) bond motifs is 3. The van der Waals surface area contributed by atoms with Gasteiger partial charge in [0.1, 0.15) is 0 Å². The van der Waals surface area contributed by atoms with Crippen LogP contribution in [0.15, 0.2) is 72.8 Å². The Morgan fingerprint density at radius 3 is 2.26 bits per heavy atom. The first kappa shape index (κ1) is 25.9. The SMILES string of the molecule is CC(F)(c1ccc2c(c1)CC[C@H]1N(C(=O)c3ccc(C(=O)O)cc3)CC[C@@]21Cc1ccccc1)C(F)(F)F. The van der Waals surface area contributed by atoms with Crippen molar-refractivity contribution in [2.24, 2.45) is 0 Å². The minimum absolute atomic E-state index is 0.0857. The van der Waals surface area contributed by atoms with Crippen molar-refractivity contribution in [2.45, 2.75) is 55.9 Å². The number of likely N-dealkylation sites (tertiary alicyclic amines) is 1. The van der Waals surface area contributed by atoms with E-state index in [9.17, 15) is 32.3 Å². The molecule has 1 aliphatic carbocycles. The maximum absolute atomic E-state index is 14.8. The van der Waals surface area contributed by atoms with E-state index in [4.69, 9.17) is 0 Å². The highest BCUT2D eigenvalue weighted by atomic mass is 19.4. The number of hydrogen-bond donors (Lipinski definition) is 1. The molecule has 0 aromatic heterocycles. The molecule has 0 bridgehead atoms. The van der Waals surface area contributed by atoms with E-state index in [0.29, 0.717) is 50.3 Å². The molecule has 1 heterocycles. The third-order valence-electron chi connectivity index (χ3n) is 8.22. The number of aryl methyl sites for hydroxylation is 1. The van der Waals surface area contributed by atoms with E-state index >= 15 is 0 Å². The standard InChI is InChI=1S/C30H27F4NO3/c1-28(31,30(32,33)34)23-12-13-24-22(17-23)11-14-25-29(24,18-19-5-3-2-4-6-19)15-16-35(25)26(36)20-7-9-21(10-8-20)27(37)38/h2-10,12-13,17,25H,11,14-16,18H2,1H3,(H,37,38)/t25-,28?,29-/m1/s1. The van der Waals surface area contributed by atoms with E-state index in [2.05, 4.69) is 0 Å². The van der Waals surface area contributed by atoms with Crippen LogP contribution in [-0.2, 0) is 23.9 Å². The zero-order valence-electron chi connectivity index (χ0n) is 20.8. The fraction of sp³-hybridized carbons (Fsp3) is 0.333. The van der Waals surface area contributed by atoms with Gasteiger partial charge in [0.25, 0.3) is 5.91 Å². The van der Waals surface area contributed by atoms with Gasteiger partial charge in [-0.05, 0) is 79.1 Å². The average Bonchev–Trinajstić information content (AvgIpc) is 3.27. The lowest BCUT2D eigenvalue weighted by Gasteiger charge is -2.44. The van der Waals surface area contributed by atoms with E-state index in [1.54, 1.807) is 6.07 Å². The first-order valence-electron chi connectivity index (χ1n) is 12.5. The van der Waals surface area contributed by atoms with Crippen LogP contribution in [0.3, 0.4) is 0 Å². The molecular formula is C30H27F4NO3. The average molecular weight is 526 g/mol. The van der Waals surface area contributed by atoms with Gasteiger partial charge in [0.05, 0.1) is 5.56 Å². The highest BCUT2D eigenvalue weighted by Gasteiger charge is 2.55. The summed E-state index contributed by atoms with van der Waals surface area (Å²) in [5.74, 6) is -1.29. The fourth-order valence-electron chi connectivity index (χ4n) is 6.15. The molecule has 198 valence electrons. The van der Waals surface area contributed by atoms with Crippen LogP contribution in [0.2, 0.25) is 0 Å². The second-order valence-corrected chi connectivity index (χ2v) is 10.4. The van der Waals surface area contributed by atoms with E-state index in [1.807, 2.05) is 35.2 Å². The highest BCUT2D eigenvalue weighted by molar-refractivity contribution is 5.96. The van der Waals surface area contributed by atoms with Gasteiger partial charge in [0, 0.05) is 23.6 Å². The molecule has 0 radical (unpaired) electrons. The summed E-state index contributed by atoms with van der Waals surface area (Å²) >= 11 is 0. The van der Waals surface area contributed by atoms with Gasteiger partial charge in [0.2, 0.25) is 5.67 Å². The molecule has 1 saturated heterocycles. The van der Waals surface area contributed by atoms with Crippen molar-refractivity contribution in [3.63, 3.8) is 0 Å². The Hall–Kier alpha value is -3.68. The topological polar surface area (TPSA) is 57.6 Å². The van der Waals surface area contributed by atoms with Crippen molar-refractivity contribution in [1.82, 2.24) is 4.90 Å². The number of carbonyl (C=O) groups excluding carboxylic acids is 1. The van der Waals surface area contributed by atoms with Gasteiger partial charge < -0.3 is 10.0 Å². The highest BCUT2D eigenvalue weighted by Crippen LogP contribution is 2.51. The Kier molecular flexibility index (Phi) is 6.32. The third kappa shape index (κ3) is 4.25. The summed E-state index contributed by atoms with van der Waals surface area (Å²) in [7, 11) is 0. The summed E-state index contributed by atoms with van der Waals surface area (Å²) in [5, 5.41) is 9.18. The first-order chi connectivity index (χ1) is 17.9. The molecule has 1 aliphatic heterocycles. The van der Waals surface area contributed by atoms with Gasteiger partial charge >= 0.3 is 12.1 Å². The lowest BCUT2D eigenvalue weighted by Crippen LogP contribution is -2.49. The molecule has 1 N–H and O–H groups in total. The van der Waals surface area contributed by atoms with Crippen LogP contribution in [-0.4, -0.2) is 40.6 Å². The van der Waals surface area contributed by atoms with Gasteiger partial charge in [0.15, 0.2) is 0 Å². The van der Waals surface area contributed by atoms with Crippen molar-refractivity contribution in [1.29, 1.82) is 0 Å². The number of benzene rings is 3. The second kappa shape index (κ2) is 9.26. The summed E-state index contributed by atoms with van der Waals surface area (Å²) in [5.41, 5.74) is -1.38. The molecule has 0 saturated carbocycles. The summed E-state index contributed by atoms with van der Waals surface area (Å²) in [6.07, 6.45) is -2.91. The molecular weight excluding hydrogens is 498 g/mol. The van der Waals surface area contributed by atoms with Crippen molar-refractivity contribution in [3.05, 3.63) is 106 Å². The number of rotatable bonds is 5. The molecule has 5 rings (SSSR count). The minimum Gasteiger partial charge on any atom is -0.478 e. The summed E-state index contributed by atoms with van der Waals surface area (Å²) in [4.78, 5) is 26.6. The Labute approximate surface area is 217 Å².